The molecular weight excluding hydrogens is 174 g/mol. The Morgan fingerprint density at radius 2 is 2.50 bits per heavy atom. The summed E-state index contributed by atoms with van der Waals surface area (Å²) in [6.45, 7) is 4.45. The van der Waals surface area contributed by atoms with Crippen LogP contribution in [0.5, 0.6) is 0 Å². The van der Waals surface area contributed by atoms with Crippen LogP contribution in [-0.4, -0.2) is 16.1 Å². The van der Waals surface area contributed by atoms with E-state index in [1.165, 1.54) is 31.4 Å². The Balaban J connectivity index is 2.09. The molecule has 0 aromatic carbocycles. The van der Waals surface area contributed by atoms with Crippen molar-refractivity contribution in [1.82, 2.24) is 14.9 Å². The van der Waals surface area contributed by atoms with E-state index in [0.717, 1.165) is 13.1 Å². The Bertz CT molecular complexity index is 274. The van der Waals surface area contributed by atoms with Crippen LogP contribution in [0.1, 0.15) is 44.3 Å². The van der Waals surface area contributed by atoms with E-state index in [4.69, 9.17) is 0 Å². The molecule has 0 aliphatic carbocycles. The fraction of sp³-hybridized carbons (Fsp3) is 0.727. The molecule has 1 N–H and O–H groups in total. The Morgan fingerprint density at radius 1 is 1.57 bits per heavy atom. The van der Waals surface area contributed by atoms with Crippen molar-refractivity contribution in [2.45, 2.75) is 45.2 Å². The average Bonchev–Trinajstić information content (AvgIpc) is 2.68. The number of aromatic nitrogens is 2. The minimum Gasteiger partial charge on any atom is -0.333 e. The van der Waals surface area contributed by atoms with Gasteiger partial charge in [0.1, 0.15) is 0 Å². The van der Waals surface area contributed by atoms with Crippen LogP contribution in [0.15, 0.2) is 12.5 Å². The molecule has 2 rings (SSSR count). The van der Waals surface area contributed by atoms with E-state index in [9.17, 15) is 0 Å². The van der Waals surface area contributed by atoms with Crippen molar-refractivity contribution in [3.63, 3.8) is 0 Å². The molecule has 1 aromatic rings. The molecule has 1 unspecified atom stereocenters. The second-order valence-electron chi connectivity index (χ2n) is 4.01. The molecule has 0 spiro atoms. The summed E-state index contributed by atoms with van der Waals surface area (Å²) in [5.41, 5.74) is 1.37. The standard InChI is InChI=1S/C11H19N3/c1-2-7-14-9-12-8-11(14)10-5-3-4-6-13-10/h8-10,13H,2-7H2,1H3. The third-order valence-corrected chi connectivity index (χ3v) is 2.88. The van der Waals surface area contributed by atoms with E-state index in [0.29, 0.717) is 6.04 Å². The summed E-state index contributed by atoms with van der Waals surface area (Å²) in [4.78, 5) is 4.24. The van der Waals surface area contributed by atoms with E-state index in [-0.39, 0.29) is 0 Å². The minimum absolute atomic E-state index is 0.540. The third kappa shape index (κ3) is 1.98. The van der Waals surface area contributed by atoms with Crippen molar-refractivity contribution in [1.29, 1.82) is 0 Å². The number of nitrogens with one attached hydrogen (secondary N) is 1. The molecule has 1 saturated heterocycles. The summed E-state index contributed by atoms with van der Waals surface area (Å²) in [7, 11) is 0. The van der Waals surface area contributed by atoms with Crippen molar-refractivity contribution in [2.24, 2.45) is 0 Å². The topological polar surface area (TPSA) is 29.9 Å². The second kappa shape index (κ2) is 4.60. The molecule has 0 bridgehead atoms. The molecule has 1 aliphatic rings. The van der Waals surface area contributed by atoms with Crippen molar-refractivity contribution in [3.8, 4) is 0 Å². The van der Waals surface area contributed by atoms with Gasteiger partial charge in [0.25, 0.3) is 0 Å². The maximum Gasteiger partial charge on any atom is 0.0948 e. The molecule has 1 fully saturated rings. The van der Waals surface area contributed by atoms with Crippen molar-refractivity contribution < 1.29 is 0 Å². The summed E-state index contributed by atoms with van der Waals surface area (Å²) >= 11 is 0. The lowest BCUT2D eigenvalue weighted by atomic mass is 10.0. The van der Waals surface area contributed by atoms with Crippen LogP contribution in [0, 0.1) is 0 Å². The third-order valence-electron chi connectivity index (χ3n) is 2.88. The predicted octanol–water partition coefficient (Wildman–Crippen LogP) is 2.11. The van der Waals surface area contributed by atoms with Crippen LogP contribution in [0.25, 0.3) is 0 Å². The molecule has 3 nitrogen and oxygen atoms in total. The van der Waals surface area contributed by atoms with Crippen LogP contribution >= 0.6 is 0 Å². The van der Waals surface area contributed by atoms with Gasteiger partial charge in [0.05, 0.1) is 12.0 Å². The number of hydrogen-bond donors (Lipinski definition) is 1. The number of imidazole rings is 1. The maximum atomic E-state index is 4.24. The summed E-state index contributed by atoms with van der Waals surface area (Å²) in [6, 6.07) is 0.540. The molecule has 78 valence electrons. The normalized spacial score (nSPS) is 22.5. The highest BCUT2D eigenvalue weighted by molar-refractivity contribution is 5.06. The first-order valence-electron chi connectivity index (χ1n) is 5.65. The number of aryl methyl sites for hydroxylation is 1. The van der Waals surface area contributed by atoms with E-state index in [2.05, 4.69) is 21.8 Å². The summed E-state index contributed by atoms with van der Waals surface area (Å²) < 4.78 is 2.28. The van der Waals surface area contributed by atoms with E-state index in [1.54, 1.807) is 0 Å². The lowest BCUT2D eigenvalue weighted by Gasteiger charge is -2.24. The molecule has 14 heavy (non-hydrogen) atoms. The molecule has 0 amide bonds. The summed E-state index contributed by atoms with van der Waals surface area (Å²) in [5.74, 6) is 0. The maximum absolute atomic E-state index is 4.24. The molecule has 3 heteroatoms. The van der Waals surface area contributed by atoms with Crippen LogP contribution < -0.4 is 5.32 Å². The summed E-state index contributed by atoms with van der Waals surface area (Å²) in [6.07, 6.45) is 9.06. The molecule has 0 radical (unpaired) electrons. The van der Waals surface area contributed by atoms with Gasteiger partial charge in [0.15, 0.2) is 0 Å². The fourth-order valence-corrected chi connectivity index (χ4v) is 2.15. The van der Waals surface area contributed by atoms with Crippen LogP contribution in [-0.2, 0) is 6.54 Å². The van der Waals surface area contributed by atoms with Gasteiger partial charge in [-0.05, 0) is 25.8 Å². The van der Waals surface area contributed by atoms with Crippen molar-refractivity contribution in [2.75, 3.05) is 6.54 Å². The van der Waals surface area contributed by atoms with E-state index < -0.39 is 0 Å². The van der Waals surface area contributed by atoms with Gasteiger partial charge in [0, 0.05) is 18.8 Å². The molecule has 2 heterocycles. The van der Waals surface area contributed by atoms with E-state index >= 15 is 0 Å². The second-order valence-corrected chi connectivity index (χ2v) is 4.01. The van der Waals surface area contributed by atoms with Gasteiger partial charge in [-0.2, -0.15) is 0 Å². The van der Waals surface area contributed by atoms with Crippen LogP contribution in [0.2, 0.25) is 0 Å². The first-order chi connectivity index (χ1) is 6.92. The van der Waals surface area contributed by atoms with Gasteiger partial charge in [-0.1, -0.05) is 13.3 Å². The zero-order chi connectivity index (χ0) is 9.80. The quantitative estimate of drug-likeness (QED) is 0.796. The Kier molecular flexibility index (Phi) is 3.19. The number of nitrogens with zero attached hydrogens (tertiary/aromatic N) is 2. The number of piperidine rings is 1. The lowest BCUT2D eigenvalue weighted by Crippen LogP contribution is -2.28. The van der Waals surface area contributed by atoms with Gasteiger partial charge in [-0.15, -0.1) is 0 Å². The molecule has 1 atom stereocenters. The summed E-state index contributed by atoms with van der Waals surface area (Å²) in [5, 5.41) is 3.56. The average molecular weight is 193 g/mol. The SMILES string of the molecule is CCCn1cncc1C1CCCCN1. The smallest absolute Gasteiger partial charge is 0.0948 e. The minimum atomic E-state index is 0.540. The van der Waals surface area contributed by atoms with Gasteiger partial charge < -0.3 is 9.88 Å². The highest BCUT2D eigenvalue weighted by Crippen LogP contribution is 2.22. The Hall–Kier alpha value is -0.830. The lowest BCUT2D eigenvalue weighted by molar-refractivity contribution is 0.392. The van der Waals surface area contributed by atoms with Crippen LogP contribution in [0.3, 0.4) is 0 Å². The fourth-order valence-electron chi connectivity index (χ4n) is 2.15. The molecule has 1 aromatic heterocycles. The van der Waals surface area contributed by atoms with Gasteiger partial charge in [-0.25, -0.2) is 4.98 Å². The Labute approximate surface area is 85.5 Å². The van der Waals surface area contributed by atoms with E-state index in [1.807, 2.05) is 12.5 Å². The first-order valence-corrected chi connectivity index (χ1v) is 5.65. The zero-order valence-electron chi connectivity index (χ0n) is 8.87. The van der Waals surface area contributed by atoms with Crippen molar-refractivity contribution in [3.05, 3.63) is 18.2 Å². The number of hydrogen-bond acceptors (Lipinski definition) is 2. The molecule has 0 saturated carbocycles. The highest BCUT2D eigenvalue weighted by Gasteiger charge is 2.17. The zero-order valence-corrected chi connectivity index (χ0v) is 8.87. The molecular formula is C11H19N3. The molecule has 1 aliphatic heterocycles. The Morgan fingerprint density at radius 3 is 3.21 bits per heavy atom. The monoisotopic (exact) mass is 193 g/mol. The first kappa shape index (κ1) is 9.71. The largest absolute Gasteiger partial charge is 0.333 e. The number of rotatable bonds is 3. The highest BCUT2D eigenvalue weighted by atomic mass is 15.1. The van der Waals surface area contributed by atoms with Gasteiger partial charge in [0.2, 0.25) is 0 Å². The van der Waals surface area contributed by atoms with Gasteiger partial charge >= 0.3 is 0 Å². The van der Waals surface area contributed by atoms with Gasteiger partial charge in [-0.3, -0.25) is 0 Å². The van der Waals surface area contributed by atoms with Crippen molar-refractivity contribution >= 4 is 0 Å². The predicted molar refractivity (Wildman–Crippen MR) is 57.1 cm³/mol. The van der Waals surface area contributed by atoms with Crippen LogP contribution in [0.4, 0.5) is 0 Å².